The number of amides is 5. The number of anilines is 3. The Balaban J connectivity index is 1.33. The molecule has 5 rings (SSSR count). The number of rotatable bonds is 8. The Morgan fingerprint density at radius 1 is 0.978 bits per heavy atom. The molecule has 0 aromatic heterocycles. The molecule has 0 saturated carbocycles. The molecule has 0 aliphatic carbocycles. The van der Waals surface area contributed by atoms with Crippen molar-refractivity contribution in [3.8, 4) is 23.0 Å². The van der Waals surface area contributed by atoms with Crippen molar-refractivity contribution in [3.63, 3.8) is 0 Å². The predicted molar refractivity (Wildman–Crippen MR) is 172 cm³/mol. The molecule has 0 unspecified atom stereocenters. The van der Waals surface area contributed by atoms with Gasteiger partial charge < -0.3 is 49.8 Å². The van der Waals surface area contributed by atoms with Crippen LogP contribution in [-0.2, 0) is 11.2 Å². The molecular weight excluding hydrogens is 594 g/mol. The molecule has 0 fully saturated rings. The van der Waals surface area contributed by atoms with Crippen LogP contribution in [-0.4, -0.2) is 85.7 Å². The number of benzene rings is 3. The van der Waals surface area contributed by atoms with E-state index in [-0.39, 0.29) is 44.2 Å². The lowest BCUT2D eigenvalue weighted by molar-refractivity contribution is -0.134. The van der Waals surface area contributed by atoms with Gasteiger partial charge in [0, 0.05) is 48.2 Å². The van der Waals surface area contributed by atoms with Gasteiger partial charge in [-0.2, -0.15) is 0 Å². The van der Waals surface area contributed by atoms with Crippen LogP contribution in [0.3, 0.4) is 0 Å². The lowest BCUT2D eigenvalue weighted by atomic mass is 10.0. The monoisotopic (exact) mass is 633 g/mol. The van der Waals surface area contributed by atoms with Crippen LogP contribution >= 0.6 is 0 Å². The van der Waals surface area contributed by atoms with Crippen molar-refractivity contribution in [2.24, 2.45) is 5.92 Å². The summed E-state index contributed by atoms with van der Waals surface area (Å²) in [5.74, 6) is 1.90. The predicted octanol–water partition coefficient (Wildman–Crippen LogP) is 4.38. The lowest BCUT2D eigenvalue weighted by Crippen LogP contribution is -2.48. The van der Waals surface area contributed by atoms with E-state index in [4.69, 9.17) is 18.9 Å². The van der Waals surface area contributed by atoms with Gasteiger partial charge in [0.05, 0.1) is 32.7 Å². The number of urea groups is 2. The maximum Gasteiger partial charge on any atom is 0.323 e. The molecule has 2 aliphatic rings. The highest BCUT2D eigenvalue weighted by molar-refractivity contribution is 6.00. The van der Waals surface area contributed by atoms with Gasteiger partial charge in [0.2, 0.25) is 12.7 Å². The van der Waals surface area contributed by atoms with Crippen molar-refractivity contribution in [2.45, 2.75) is 32.4 Å². The Morgan fingerprint density at radius 2 is 1.63 bits per heavy atom. The van der Waals surface area contributed by atoms with E-state index in [1.54, 1.807) is 86.6 Å². The number of carbonyl (C=O) groups excluding carboxylic acids is 3. The number of aliphatic hydroxyl groups excluding tert-OH is 1. The zero-order chi connectivity index (χ0) is 32.8. The average Bonchev–Trinajstić information content (AvgIpc) is 3.53. The molecule has 244 valence electrons. The average molecular weight is 634 g/mol. The Morgan fingerprint density at radius 3 is 2.33 bits per heavy atom. The quantitative estimate of drug-likeness (QED) is 0.285. The third-order valence-electron chi connectivity index (χ3n) is 7.95. The molecule has 5 amide bonds. The van der Waals surface area contributed by atoms with Crippen molar-refractivity contribution >= 4 is 35.0 Å². The van der Waals surface area contributed by atoms with E-state index >= 15 is 0 Å². The second-order valence-corrected chi connectivity index (χ2v) is 11.4. The second-order valence-electron chi connectivity index (χ2n) is 11.4. The van der Waals surface area contributed by atoms with E-state index in [1.165, 1.54) is 4.90 Å². The highest BCUT2D eigenvalue weighted by Crippen LogP contribution is 2.34. The maximum absolute atomic E-state index is 13.5. The molecule has 3 aromatic carbocycles. The summed E-state index contributed by atoms with van der Waals surface area (Å²) < 4.78 is 22.4. The number of nitrogens with one attached hydrogen (secondary N) is 3. The zero-order valence-electron chi connectivity index (χ0n) is 26.2. The number of nitrogens with zero attached hydrogens (tertiary/aromatic N) is 2. The molecule has 0 spiro atoms. The normalized spacial score (nSPS) is 17.8. The minimum absolute atomic E-state index is 0.00773. The van der Waals surface area contributed by atoms with Gasteiger partial charge in [0.25, 0.3) is 0 Å². The summed E-state index contributed by atoms with van der Waals surface area (Å²) in [5.41, 5.74) is 2.15. The summed E-state index contributed by atoms with van der Waals surface area (Å²) in [7, 11) is 3.25. The fraction of sp³-hybridized carbons (Fsp3) is 0.364. The first-order valence-electron chi connectivity index (χ1n) is 15.0. The lowest BCUT2D eigenvalue weighted by Gasteiger charge is -2.34. The van der Waals surface area contributed by atoms with Crippen molar-refractivity contribution in [3.05, 3.63) is 66.2 Å². The number of likely N-dealkylation sites (N-methyl/N-ethyl adjacent to an activating group) is 1. The number of methoxy groups -OCH3 is 1. The topological polar surface area (TPSA) is 151 Å². The molecular formula is C33H39N5O8. The van der Waals surface area contributed by atoms with Crippen LogP contribution in [0.2, 0.25) is 0 Å². The molecule has 0 saturated heterocycles. The third-order valence-corrected chi connectivity index (χ3v) is 7.95. The van der Waals surface area contributed by atoms with Gasteiger partial charge in [-0.05, 0) is 61.5 Å². The summed E-state index contributed by atoms with van der Waals surface area (Å²) in [6, 6.07) is 16.0. The SMILES string of the molecule is COc1ccc(NC(=O)N(C)C[C@@H]2Oc3ccc(NC(=O)Nc4ccc5c(c4)OCO5)cc3CC(=O)N([C@H](C)CO)C[C@@H]2C)cc1. The van der Waals surface area contributed by atoms with Gasteiger partial charge in [-0.1, -0.05) is 6.92 Å². The number of fused-ring (bicyclic) bond motifs is 2. The Labute approximate surface area is 267 Å². The summed E-state index contributed by atoms with van der Waals surface area (Å²) >= 11 is 0. The van der Waals surface area contributed by atoms with Gasteiger partial charge in [-0.25, -0.2) is 9.59 Å². The number of carbonyl (C=O) groups is 3. The second kappa shape index (κ2) is 14.3. The van der Waals surface area contributed by atoms with Crippen LogP contribution in [0.1, 0.15) is 19.4 Å². The number of ether oxygens (including phenoxy) is 4. The molecule has 3 aromatic rings. The molecule has 0 bridgehead atoms. The molecule has 3 atom stereocenters. The summed E-state index contributed by atoms with van der Waals surface area (Å²) in [5, 5.41) is 18.4. The minimum Gasteiger partial charge on any atom is -0.497 e. The van der Waals surface area contributed by atoms with Gasteiger partial charge in [-0.3, -0.25) is 4.79 Å². The molecule has 4 N–H and O–H groups in total. The van der Waals surface area contributed by atoms with Crippen molar-refractivity contribution in [1.82, 2.24) is 9.80 Å². The Hall–Kier alpha value is -5.17. The van der Waals surface area contributed by atoms with Crippen LogP contribution < -0.4 is 34.9 Å². The highest BCUT2D eigenvalue weighted by atomic mass is 16.7. The number of hydrogen-bond donors (Lipinski definition) is 4. The molecule has 46 heavy (non-hydrogen) atoms. The van der Waals surface area contributed by atoms with Crippen molar-refractivity contribution < 1.29 is 38.4 Å². The fourth-order valence-electron chi connectivity index (χ4n) is 5.24. The van der Waals surface area contributed by atoms with Crippen LogP contribution in [0.15, 0.2) is 60.7 Å². The number of aliphatic hydroxyl groups is 1. The van der Waals surface area contributed by atoms with E-state index in [0.29, 0.717) is 52.2 Å². The van der Waals surface area contributed by atoms with E-state index in [1.807, 2.05) is 6.92 Å². The summed E-state index contributed by atoms with van der Waals surface area (Å²) in [4.78, 5) is 42.6. The third kappa shape index (κ3) is 7.72. The Kier molecular flexibility index (Phi) is 10.0. The van der Waals surface area contributed by atoms with E-state index in [0.717, 1.165) is 0 Å². The molecule has 13 heteroatoms. The maximum atomic E-state index is 13.5. The van der Waals surface area contributed by atoms with Crippen LogP contribution in [0.25, 0.3) is 0 Å². The van der Waals surface area contributed by atoms with Gasteiger partial charge >= 0.3 is 12.1 Å². The van der Waals surface area contributed by atoms with Gasteiger partial charge in [0.15, 0.2) is 11.5 Å². The summed E-state index contributed by atoms with van der Waals surface area (Å²) in [6.07, 6.45) is -0.510. The van der Waals surface area contributed by atoms with Gasteiger partial charge in [0.1, 0.15) is 17.6 Å². The van der Waals surface area contributed by atoms with E-state index in [9.17, 15) is 19.5 Å². The molecule has 0 radical (unpaired) electrons. The first kappa shape index (κ1) is 32.2. The van der Waals surface area contributed by atoms with Gasteiger partial charge in [-0.15, -0.1) is 0 Å². The largest absolute Gasteiger partial charge is 0.497 e. The zero-order valence-corrected chi connectivity index (χ0v) is 26.2. The summed E-state index contributed by atoms with van der Waals surface area (Å²) in [6.45, 7) is 4.19. The van der Waals surface area contributed by atoms with E-state index in [2.05, 4.69) is 16.0 Å². The highest BCUT2D eigenvalue weighted by Gasteiger charge is 2.32. The first-order chi connectivity index (χ1) is 22.1. The standard InChI is InChI=1S/C33H39N5O8/c1-20-16-38(21(2)18-39)31(40)14-22-13-24(34-32(41)35-25-8-12-28-29(15-25)45-19-44-28)7-11-27(22)46-30(20)17-37(3)33(42)36-23-5-9-26(43-4)10-6-23/h5-13,15,20-21,30,39H,14,16-19H2,1-4H3,(H,36,42)(H2,34,35,41)/t20-,21+,30-/m0/s1. The van der Waals surface area contributed by atoms with Crippen LogP contribution in [0, 0.1) is 5.92 Å². The minimum atomic E-state index is -0.502. The fourth-order valence-corrected chi connectivity index (χ4v) is 5.24. The van der Waals surface area contributed by atoms with Crippen LogP contribution in [0.5, 0.6) is 23.0 Å². The van der Waals surface area contributed by atoms with E-state index < -0.39 is 18.2 Å². The Bertz CT molecular complexity index is 1570. The molecule has 2 heterocycles. The molecule has 2 aliphatic heterocycles. The number of hydrogen-bond acceptors (Lipinski definition) is 8. The first-order valence-corrected chi connectivity index (χ1v) is 15.0. The molecule has 13 nitrogen and oxygen atoms in total. The van der Waals surface area contributed by atoms with Crippen LogP contribution in [0.4, 0.5) is 26.7 Å². The van der Waals surface area contributed by atoms with Crippen molar-refractivity contribution in [1.29, 1.82) is 0 Å². The smallest absolute Gasteiger partial charge is 0.323 e. The van der Waals surface area contributed by atoms with Crippen molar-refractivity contribution in [2.75, 3.05) is 56.6 Å².